The van der Waals surface area contributed by atoms with E-state index in [4.69, 9.17) is 0 Å². The Bertz CT molecular complexity index is 595. The Hall–Kier alpha value is -1.53. The van der Waals surface area contributed by atoms with Crippen molar-refractivity contribution in [1.82, 2.24) is 5.32 Å². The summed E-state index contributed by atoms with van der Waals surface area (Å²) in [6.07, 6.45) is -3.79. The summed E-state index contributed by atoms with van der Waals surface area (Å²) in [5.41, 5.74) is 0.474. The maximum absolute atomic E-state index is 12.5. The number of rotatable bonds is 5. The van der Waals surface area contributed by atoms with Crippen LogP contribution >= 0.6 is 11.3 Å². The number of benzene rings is 1. The summed E-state index contributed by atoms with van der Waals surface area (Å²) < 4.78 is 41.7. The Morgan fingerprint density at radius 2 is 1.90 bits per heavy atom. The highest BCUT2D eigenvalue weighted by Gasteiger charge is 2.33. The lowest BCUT2D eigenvalue weighted by Crippen LogP contribution is -2.22. The quantitative estimate of drug-likeness (QED) is 0.876. The van der Waals surface area contributed by atoms with E-state index in [1.165, 1.54) is 17.0 Å². The van der Waals surface area contributed by atoms with Crippen LogP contribution in [0.25, 0.3) is 0 Å². The summed E-state index contributed by atoms with van der Waals surface area (Å²) >= 11 is 1.59. The average molecular weight is 315 g/mol. The second-order valence-electron chi connectivity index (χ2n) is 4.46. The molecule has 1 unspecified atom stereocenters. The lowest BCUT2D eigenvalue weighted by atomic mass is 10.0. The standard InChI is InChI=1S/C15H16F3NOS/c1-3-10-8-9-13(21-10)14(19-2)11-6-4-5-7-12(11)20-15(16,17)18/h4-9,14,19H,3H2,1-2H3. The van der Waals surface area contributed by atoms with Crippen LogP contribution in [0.1, 0.15) is 28.3 Å². The van der Waals surface area contributed by atoms with Gasteiger partial charge in [-0.3, -0.25) is 0 Å². The van der Waals surface area contributed by atoms with Gasteiger partial charge >= 0.3 is 6.36 Å². The van der Waals surface area contributed by atoms with Crippen LogP contribution < -0.4 is 10.1 Å². The fourth-order valence-electron chi connectivity index (χ4n) is 2.13. The van der Waals surface area contributed by atoms with Gasteiger partial charge in [-0.1, -0.05) is 25.1 Å². The van der Waals surface area contributed by atoms with Gasteiger partial charge in [-0.15, -0.1) is 24.5 Å². The zero-order chi connectivity index (χ0) is 15.5. The second kappa shape index (κ2) is 6.49. The zero-order valence-corrected chi connectivity index (χ0v) is 12.5. The van der Waals surface area contributed by atoms with Crippen molar-refractivity contribution in [3.05, 3.63) is 51.7 Å². The molecule has 0 aliphatic carbocycles. The Morgan fingerprint density at radius 3 is 2.48 bits per heavy atom. The van der Waals surface area contributed by atoms with E-state index in [0.29, 0.717) is 5.56 Å². The summed E-state index contributed by atoms with van der Waals surface area (Å²) in [6, 6.07) is 9.83. The molecule has 1 heterocycles. The van der Waals surface area contributed by atoms with Crippen LogP contribution in [0.15, 0.2) is 36.4 Å². The number of ether oxygens (including phenoxy) is 1. The van der Waals surface area contributed by atoms with Crippen LogP contribution in [-0.2, 0) is 6.42 Å². The molecule has 0 aliphatic rings. The summed E-state index contributed by atoms with van der Waals surface area (Å²) in [6.45, 7) is 2.05. The number of aryl methyl sites for hydroxylation is 1. The molecule has 21 heavy (non-hydrogen) atoms. The summed E-state index contributed by atoms with van der Waals surface area (Å²) in [5, 5.41) is 3.06. The molecule has 0 saturated heterocycles. The van der Waals surface area contributed by atoms with E-state index in [1.807, 2.05) is 19.1 Å². The molecule has 0 amide bonds. The maximum Gasteiger partial charge on any atom is 0.573 e. The van der Waals surface area contributed by atoms with E-state index in [1.54, 1.807) is 30.5 Å². The predicted molar refractivity (Wildman–Crippen MR) is 77.7 cm³/mol. The first kappa shape index (κ1) is 15.9. The molecule has 0 aliphatic heterocycles. The monoisotopic (exact) mass is 315 g/mol. The van der Waals surface area contributed by atoms with Crippen molar-refractivity contribution < 1.29 is 17.9 Å². The molecule has 0 radical (unpaired) electrons. The fraction of sp³-hybridized carbons (Fsp3) is 0.333. The first-order valence-electron chi connectivity index (χ1n) is 6.55. The van der Waals surface area contributed by atoms with Gasteiger partial charge in [-0.2, -0.15) is 0 Å². The molecule has 0 saturated carbocycles. The Balaban J connectivity index is 2.38. The minimum absolute atomic E-state index is 0.171. The number of halogens is 3. The molecule has 6 heteroatoms. The lowest BCUT2D eigenvalue weighted by Gasteiger charge is -2.19. The van der Waals surface area contributed by atoms with E-state index in [-0.39, 0.29) is 11.8 Å². The van der Waals surface area contributed by atoms with Gasteiger partial charge in [0.05, 0.1) is 6.04 Å². The number of nitrogens with one attached hydrogen (secondary N) is 1. The van der Waals surface area contributed by atoms with E-state index in [9.17, 15) is 13.2 Å². The van der Waals surface area contributed by atoms with Crippen molar-refractivity contribution in [2.75, 3.05) is 7.05 Å². The van der Waals surface area contributed by atoms with Crippen molar-refractivity contribution >= 4 is 11.3 Å². The molecule has 0 spiro atoms. The molecule has 0 bridgehead atoms. The van der Waals surface area contributed by atoms with Crippen LogP contribution in [0, 0.1) is 0 Å². The van der Waals surface area contributed by atoms with Crippen LogP contribution in [0.5, 0.6) is 5.75 Å². The highest BCUT2D eigenvalue weighted by Crippen LogP contribution is 2.35. The molecule has 114 valence electrons. The molecule has 1 atom stereocenters. The number of hydrogen-bond acceptors (Lipinski definition) is 3. The zero-order valence-electron chi connectivity index (χ0n) is 11.7. The van der Waals surface area contributed by atoms with Crippen LogP contribution in [-0.4, -0.2) is 13.4 Å². The SMILES string of the molecule is CCc1ccc(C(NC)c2ccccc2OC(F)(F)F)s1. The van der Waals surface area contributed by atoms with Gasteiger partial charge in [0.15, 0.2) is 0 Å². The number of alkyl halides is 3. The van der Waals surface area contributed by atoms with Crippen molar-refractivity contribution in [3.8, 4) is 5.75 Å². The minimum Gasteiger partial charge on any atom is -0.405 e. The van der Waals surface area contributed by atoms with Gasteiger partial charge in [0.2, 0.25) is 0 Å². The van der Waals surface area contributed by atoms with Crippen molar-refractivity contribution in [2.24, 2.45) is 0 Å². The molecule has 1 aromatic heterocycles. The third-order valence-corrected chi connectivity index (χ3v) is 4.35. The summed E-state index contributed by atoms with van der Waals surface area (Å²) in [4.78, 5) is 2.16. The molecular weight excluding hydrogens is 299 g/mol. The van der Waals surface area contributed by atoms with Gasteiger partial charge in [0.25, 0.3) is 0 Å². The third-order valence-electron chi connectivity index (χ3n) is 3.06. The number of thiophene rings is 1. The number of para-hydroxylation sites is 1. The second-order valence-corrected chi connectivity index (χ2v) is 5.66. The molecule has 1 N–H and O–H groups in total. The molecule has 2 aromatic rings. The van der Waals surface area contributed by atoms with Crippen molar-refractivity contribution in [3.63, 3.8) is 0 Å². The van der Waals surface area contributed by atoms with Crippen molar-refractivity contribution in [1.29, 1.82) is 0 Å². The first-order chi connectivity index (χ1) is 9.94. The van der Waals surface area contributed by atoms with E-state index in [0.717, 1.165) is 11.3 Å². The van der Waals surface area contributed by atoms with Gasteiger partial charge in [-0.05, 0) is 31.7 Å². The summed E-state index contributed by atoms with van der Waals surface area (Å²) in [5.74, 6) is -0.171. The Kier molecular flexibility index (Phi) is 4.90. The lowest BCUT2D eigenvalue weighted by molar-refractivity contribution is -0.275. The molecule has 0 fully saturated rings. The van der Waals surface area contributed by atoms with E-state index >= 15 is 0 Å². The van der Waals surface area contributed by atoms with Crippen LogP contribution in [0.2, 0.25) is 0 Å². The normalized spacial score (nSPS) is 13.2. The Labute approximate surface area is 125 Å². The van der Waals surface area contributed by atoms with Gasteiger partial charge in [0.1, 0.15) is 5.75 Å². The minimum atomic E-state index is -4.70. The largest absolute Gasteiger partial charge is 0.573 e. The van der Waals surface area contributed by atoms with Gasteiger partial charge in [0, 0.05) is 15.3 Å². The van der Waals surface area contributed by atoms with Gasteiger partial charge in [-0.25, -0.2) is 0 Å². The fourth-order valence-corrected chi connectivity index (χ4v) is 3.21. The maximum atomic E-state index is 12.5. The first-order valence-corrected chi connectivity index (χ1v) is 7.36. The van der Waals surface area contributed by atoms with Gasteiger partial charge < -0.3 is 10.1 Å². The Morgan fingerprint density at radius 1 is 1.19 bits per heavy atom. The smallest absolute Gasteiger partial charge is 0.405 e. The topological polar surface area (TPSA) is 21.3 Å². The average Bonchev–Trinajstić information content (AvgIpc) is 2.88. The molecule has 2 rings (SSSR count). The highest BCUT2D eigenvalue weighted by atomic mass is 32.1. The molecule has 2 nitrogen and oxygen atoms in total. The van der Waals surface area contributed by atoms with E-state index in [2.05, 4.69) is 10.1 Å². The van der Waals surface area contributed by atoms with Crippen LogP contribution in [0.4, 0.5) is 13.2 Å². The molecular formula is C15H16F3NOS. The summed E-state index contributed by atoms with van der Waals surface area (Å²) in [7, 11) is 1.72. The van der Waals surface area contributed by atoms with Crippen LogP contribution in [0.3, 0.4) is 0 Å². The third kappa shape index (κ3) is 3.98. The number of hydrogen-bond donors (Lipinski definition) is 1. The predicted octanol–water partition coefficient (Wildman–Crippen LogP) is 4.52. The molecule has 1 aromatic carbocycles. The van der Waals surface area contributed by atoms with E-state index < -0.39 is 6.36 Å². The van der Waals surface area contributed by atoms with Crippen molar-refractivity contribution in [2.45, 2.75) is 25.7 Å². The highest BCUT2D eigenvalue weighted by molar-refractivity contribution is 7.12.